The van der Waals surface area contributed by atoms with Crippen LogP contribution < -0.4 is 15.6 Å². The lowest BCUT2D eigenvalue weighted by Crippen LogP contribution is -2.17. The third kappa shape index (κ3) is 4.36. The van der Waals surface area contributed by atoms with Gasteiger partial charge in [0.25, 0.3) is 5.56 Å². The van der Waals surface area contributed by atoms with Crippen LogP contribution in [0.25, 0.3) is 16.6 Å². The van der Waals surface area contributed by atoms with Gasteiger partial charge in [-0.1, -0.05) is 6.07 Å². The van der Waals surface area contributed by atoms with Crippen LogP contribution in [0.5, 0.6) is 5.75 Å². The minimum absolute atomic E-state index is 0. The number of aromatic nitrogens is 3. The van der Waals surface area contributed by atoms with Crippen molar-refractivity contribution in [3.05, 3.63) is 87.7 Å². The van der Waals surface area contributed by atoms with E-state index in [1.54, 1.807) is 16.8 Å². The van der Waals surface area contributed by atoms with Gasteiger partial charge in [0.2, 0.25) is 0 Å². The van der Waals surface area contributed by atoms with Crippen molar-refractivity contribution in [3.8, 4) is 11.4 Å². The van der Waals surface area contributed by atoms with Gasteiger partial charge in [-0.25, -0.2) is 8.78 Å². The minimum atomic E-state index is -0.789. The number of nitrogens with one attached hydrogen (secondary N) is 1. The van der Waals surface area contributed by atoms with E-state index in [1.165, 1.54) is 22.7 Å². The molecule has 0 amide bonds. The largest absolute Gasteiger partial charge is 0.487 e. The molecule has 0 saturated heterocycles. The molecule has 0 atom stereocenters. The average molecular weight is 473 g/mol. The summed E-state index contributed by atoms with van der Waals surface area (Å²) >= 11 is 0. The van der Waals surface area contributed by atoms with Crippen molar-refractivity contribution < 1.29 is 13.5 Å². The van der Waals surface area contributed by atoms with Crippen molar-refractivity contribution in [1.29, 1.82) is 0 Å². The number of hydrogen-bond donors (Lipinski definition) is 1. The molecule has 0 unspecified atom stereocenters. The van der Waals surface area contributed by atoms with Crippen molar-refractivity contribution in [3.63, 3.8) is 0 Å². The van der Waals surface area contributed by atoms with Crippen LogP contribution in [0.15, 0.2) is 53.6 Å². The Bertz CT molecular complexity index is 1380. The second kappa shape index (κ2) is 9.33. The van der Waals surface area contributed by atoms with Crippen molar-refractivity contribution in [2.24, 2.45) is 7.05 Å². The lowest BCUT2D eigenvalue weighted by Gasteiger charge is -2.10. The molecule has 6 nitrogen and oxygen atoms in total. The highest BCUT2D eigenvalue weighted by Gasteiger charge is 2.17. The Morgan fingerprint density at radius 2 is 2.03 bits per heavy atom. The molecule has 1 aliphatic rings. The summed E-state index contributed by atoms with van der Waals surface area (Å²) in [6, 6.07) is 9.75. The highest BCUT2D eigenvalue weighted by atomic mass is 35.5. The molecule has 33 heavy (non-hydrogen) atoms. The van der Waals surface area contributed by atoms with Crippen molar-refractivity contribution in [2.75, 3.05) is 6.54 Å². The monoisotopic (exact) mass is 472 g/mol. The first-order chi connectivity index (χ1) is 15.5. The fourth-order valence-electron chi connectivity index (χ4n) is 4.28. The van der Waals surface area contributed by atoms with Crippen molar-refractivity contribution >= 4 is 23.3 Å². The molecule has 1 aliphatic heterocycles. The third-order valence-electron chi connectivity index (χ3n) is 5.92. The van der Waals surface area contributed by atoms with Gasteiger partial charge in [0.15, 0.2) is 5.82 Å². The van der Waals surface area contributed by atoms with Crippen molar-refractivity contribution in [2.45, 2.75) is 26.0 Å². The smallest absolute Gasteiger partial charge is 0.258 e. The Morgan fingerprint density at radius 1 is 1.18 bits per heavy atom. The summed E-state index contributed by atoms with van der Waals surface area (Å²) in [6.07, 6.45) is 4.68. The minimum Gasteiger partial charge on any atom is -0.487 e. The van der Waals surface area contributed by atoms with E-state index in [0.29, 0.717) is 0 Å². The molecule has 0 spiro atoms. The van der Waals surface area contributed by atoms with Crippen LogP contribution in [0.4, 0.5) is 8.78 Å². The van der Waals surface area contributed by atoms with E-state index in [2.05, 4.69) is 28.0 Å². The first-order valence-electron chi connectivity index (χ1n) is 10.5. The van der Waals surface area contributed by atoms with Crippen LogP contribution in [-0.2, 0) is 26.6 Å². The number of ether oxygens (including phenoxy) is 1. The lowest BCUT2D eigenvalue weighted by atomic mass is 10.1. The van der Waals surface area contributed by atoms with Gasteiger partial charge < -0.3 is 14.6 Å². The van der Waals surface area contributed by atoms with Gasteiger partial charge in [-0.15, -0.1) is 12.4 Å². The number of benzene rings is 1. The molecular formula is C24H23ClF2N4O2. The number of pyridine rings is 2. The van der Waals surface area contributed by atoms with Gasteiger partial charge in [-0.3, -0.25) is 14.3 Å². The molecule has 1 N–H and O–H groups in total. The first-order valence-corrected chi connectivity index (χ1v) is 10.5. The third-order valence-corrected chi connectivity index (χ3v) is 5.92. The molecule has 9 heteroatoms. The zero-order chi connectivity index (χ0) is 22.2. The Morgan fingerprint density at radius 3 is 2.82 bits per heavy atom. The van der Waals surface area contributed by atoms with Crippen LogP contribution >= 0.6 is 12.4 Å². The molecular weight excluding hydrogens is 450 g/mol. The summed E-state index contributed by atoms with van der Waals surface area (Å²) in [5.74, 6) is -1.26. The van der Waals surface area contributed by atoms with Gasteiger partial charge in [-0.05, 0) is 43.1 Å². The lowest BCUT2D eigenvalue weighted by molar-refractivity contribution is 0.292. The summed E-state index contributed by atoms with van der Waals surface area (Å²) < 4.78 is 36.0. The van der Waals surface area contributed by atoms with E-state index in [4.69, 9.17) is 4.74 Å². The molecule has 0 aliphatic carbocycles. The number of nitrogens with zero attached hydrogens (tertiary/aromatic N) is 3. The molecule has 1 aromatic carbocycles. The molecule has 4 aromatic rings. The van der Waals surface area contributed by atoms with Crippen molar-refractivity contribution in [1.82, 2.24) is 19.4 Å². The summed E-state index contributed by atoms with van der Waals surface area (Å²) in [5, 5.41) is 4.67. The van der Waals surface area contributed by atoms with Crippen LogP contribution in [-0.4, -0.2) is 20.7 Å². The van der Waals surface area contributed by atoms with Gasteiger partial charge >= 0.3 is 0 Å². The van der Waals surface area contributed by atoms with Crippen LogP contribution in [0.1, 0.15) is 23.4 Å². The molecule has 4 heterocycles. The summed E-state index contributed by atoms with van der Waals surface area (Å²) in [5.41, 5.74) is 4.19. The average Bonchev–Trinajstić information content (AvgIpc) is 2.93. The maximum atomic E-state index is 13.7. The maximum absolute atomic E-state index is 13.7. The summed E-state index contributed by atoms with van der Waals surface area (Å²) in [6.45, 7) is 1.66. The molecule has 0 bridgehead atoms. The first kappa shape index (κ1) is 22.9. The predicted octanol–water partition coefficient (Wildman–Crippen LogP) is 4.04. The van der Waals surface area contributed by atoms with Crippen LogP contribution in [0.2, 0.25) is 0 Å². The highest BCUT2D eigenvalue weighted by Crippen LogP contribution is 2.29. The number of aryl methyl sites for hydroxylation is 1. The van der Waals surface area contributed by atoms with Crippen LogP contribution in [0.3, 0.4) is 0 Å². The Hall–Kier alpha value is -3.23. The van der Waals surface area contributed by atoms with E-state index in [1.807, 2.05) is 12.1 Å². The Labute approximate surface area is 195 Å². The second-order valence-corrected chi connectivity index (χ2v) is 7.91. The second-order valence-electron chi connectivity index (χ2n) is 7.91. The molecule has 0 fully saturated rings. The standard InChI is InChI=1S/C24H22F2N4O2.ClH/c1-29-22-3-2-7-27-13-19(22)18-5-4-16(10-23(18)29)30-8-6-17(11-24(30)31)32-14-21-20(26)9-15(25)12-28-21;/h4-6,8-12,27H,2-3,7,13-14H2,1H3;1H. The fourth-order valence-corrected chi connectivity index (χ4v) is 4.28. The Kier molecular flexibility index (Phi) is 6.49. The van der Waals surface area contributed by atoms with E-state index in [9.17, 15) is 13.6 Å². The van der Waals surface area contributed by atoms with Gasteiger partial charge in [0.1, 0.15) is 23.9 Å². The van der Waals surface area contributed by atoms with Gasteiger partial charge in [0.05, 0.1) is 17.4 Å². The predicted molar refractivity (Wildman–Crippen MR) is 124 cm³/mol. The van der Waals surface area contributed by atoms with Gasteiger partial charge in [-0.2, -0.15) is 0 Å². The number of fused-ring (bicyclic) bond motifs is 3. The maximum Gasteiger partial charge on any atom is 0.258 e. The quantitative estimate of drug-likeness (QED) is 0.487. The molecule has 0 saturated carbocycles. The van der Waals surface area contributed by atoms with Gasteiger partial charge in [0, 0.05) is 43.0 Å². The Balaban J connectivity index is 0.00000259. The normalized spacial score (nSPS) is 13.3. The molecule has 5 rings (SSSR count). The van der Waals surface area contributed by atoms with E-state index in [-0.39, 0.29) is 36.0 Å². The topological polar surface area (TPSA) is 61.1 Å². The van der Waals surface area contributed by atoms with E-state index in [0.717, 1.165) is 49.4 Å². The summed E-state index contributed by atoms with van der Waals surface area (Å²) in [7, 11) is 2.07. The SMILES string of the molecule is Cl.Cn1c2c(c3ccc(-n4ccc(OCc5ncc(F)cc5F)cc4=O)cc31)CNCCC2. The zero-order valence-corrected chi connectivity index (χ0v) is 18.8. The zero-order valence-electron chi connectivity index (χ0n) is 18.0. The number of rotatable bonds is 4. The van der Waals surface area contributed by atoms with E-state index >= 15 is 0 Å². The highest BCUT2D eigenvalue weighted by molar-refractivity contribution is 5.87. The molecule has 172 valence electrons. The number of hydrogen-bond acceptors (Lipinski definition) is 4. The molecule has 3 aromatic heterocycles. The van der Waals surface area contributed by atoms with Crippen LogP contribution in [0, 0.1) is 11.6 Å². The fraction of sp³-hybridized carbons (Fsp3) is 0.250. The van der Waals surface area contributed by atoms with E-state index < -0.39 is 11.6 Å². The molecule has 0 radical (unpaired) electrons. The summed E-state index contributed by atoms with van der Waals surface area (Å²) in [4.78, 5) is 16.4. The number of halogens is 3.